The Balaban J connectivity index is 2.29. The fourth-order valence-electron chi connectivity index (χ4n) is 2.12. The molecule has 0 aliphatic carbocycles. The Morgan fingerprint density at radius 3 is 2.58 bits per heavy atom. The minimum atomic E-state index is -0.487. The highest BCUT2D eigenvalue weighted by Crippen LogP contribution is 2.28. The van der Waals surface area contributed by atoms with Gasteiger partial charge in [0.2, 0.25) is 0 Å². The second kappa shape index (κ2) is 5.64. The third kappa shape index (κ3) is 3.28. The molecule has 0 aromatic heterocycles. The molecule has 0 saturated heterocycles. The standard InChI is InChI=1S/C16H18ClNO/c1-16(18,11-12-6-3-4-9-15(12)17)13-7-5-8-14(10-13)19-2/h3-10H,11,18H2,1-2H3. The molecule has 1 atom stereocenters. The number of nitrogens with two attached hydrogens (primary N) is 1. The summed E-state index contributed by atoms with van der Waals surface area (Å²) in [5.41, 5.74) is 8.05. The average Bonchev–Trinajstić information content (AvgIpc) is 2.41. The summed E-state index contributed by atoms with van der Waals surface area (Å²) in [7, 11) is 1.65. The highest BCUT2D eigenvalue weighted by molar-refractivity contribution is 6.31. The zero-order valence-electron chi connectivity index (χ0n) is 11.2. The lowest BCUT2D eigenvalue weighted by Gasteiger charge is -2.26. The number of methoxy groups -OCH3 is 1. The third-order valence-electron chi connectivity index (χ3n) is 3.24. The molecule has 2 nitrogen and oxygen atoms in total. The summed E-state index contributed by atoms with van der Waals surface area (Å²) in [6.45, 7) is 2.01. The highest BCUT2D eigenvalue weighted by atomic mass is 35.5. The van der Waals surface area contributed by atoms with E-state index in [0.717, 1.165) is 21.9 Å². The number of halogens is 1. The van der Waals surface area contributed by atoms with Crippen molar-refractivity contribution in [2.45, 2.75) is 18.9 Å². The molecule has 0 bridgehead atoms. The molecule has 2 rings (SSSR count). The zero-order chi connectivity index (χ0) is 13.9. The molecule has 0 aliphatic heterocycles. The van der Waals surface area contributed by atoms with Crippen molar-refractivity contribution in [1.82, 2.24) is 0 Å². The molecular weight excluding hydrogens is 258 g/mol. The Hall–Kier alpha value is -1.51. The van der Waals surface area contributed by atoms with Crippen LogP contribution >= 0.6 is 11.6 Å². The van der Waals surface area contributed by atoms with E-state index >= 15 is 0 Å². The van der Waals surface area contributed by atoms with Crippen molar-refractivity contribution in [2.24, 2.45) is 5.73 Å². The van der Waals surface area contributed by atoms with Gasteiger partial charge < -0.3 is 10.5 Å². The van der Waals surface area contributed by atoms with Crippen molar-refractivity contribution >= 4 is 11.6 Å². The molecule has 0 radical (unpaired) electrons. The van der Waals surface area contributed by atoms with E-state index < -0.39 is 5.54 Å². The van der Waals surface area contributed by atoms with Crippen LogP contribution in [0.15, 0.2) is 48.5 Å². The van der Waals surface area contributed by atoms with E-state index in [0.29, 0.717) is 6.42 Å². The second-order valence-corrected chi connectivity index (χ2v) is 5.32. The van der Waals surface area contributed by atoms with Crippen LogP contribution in [0.2, 0.25) is 5.02 Å². The molecule has 100 valence electrons. The van der Waals surface area contributed by atoms with Crippen LogP contribution in [0.5, 0.6) is 5.75 Å². The maximum atomic E-state index is 6.45. The van der Waals surface area contributed by atoms with Gasteiger partial charge in [-0.2, -0.15) is 0 Å². The van der Waals surface area contributed by atoms with E-state index in [2.05, 4.69) is 0 Å². The van der Waals surface area contributed by atoms with Gasteiger partial charge in [-0.25, -0.2) is 0 Å². The molecule has 19 heavy (non-hydrogen) atoms. The maximum absolute atomic E-state index is 6.45. The van der Waals surface area contributed by atoms with E-state index in [9.17, 15) is 0 Å². The molecule has 3 heteroatoms. The van der Waals surface area contributed by atoms with Gasteiger partial charge in [-0.05, 0) is 42.7 Å². The second-order valence-electron chi connectivity index (χ2n) is 4.92. The van der Waals surface area contributed by atoms with E-state index in [1.54, 1.807) is 7.11 Å². The first-order valence-electron chi connectivity index (χ1n) is 6.20. The average molecular weight is 276 g/mol. The summed E-state index contributed by atoms with van der Waals surface area (Å²) in [6.07, 6.45) is 0.680. The lowest BCUT2D eigenvalue weighted by Crippen LogP contribution is -2.35. The van der Waals surface area contributed by atoms with Crippen molar-refractivity contribution in [3.63, 3.8) is 0 Å². The Morgan fingerprint density at radius 1 is 1.16 bits per heavy atom. The normalized spacial score (nSPS) is 13.9. The lowest BCUT2D eigenvalue weighted by atomic mass is 9.86. The predicted octanol–water partition coefficient (Wildman–Crippen LogP) is 3.77. The quantitative estimate of drug-likeness (QED) is 0.922. The third-order valence-corrected chi connectivity index (χ3v) is 3.61. The van der Waals surface area contributed by atoms with Crippen molar-refractivity contribution in [3.05, 3.63) is 64.7 Å². The highest BCUT2D eigenvalue weighted by Gasteiger charge is 2.23. The summed E-state index contributed by atoms with van der Waals surface area (Å²) in [5.74, 6) is 0.813. The Kier molecular flexibility index (Phi) is 4.13. The molecule has 0 aliphatic rings. The molecule has 0 heterocycles. The Labute approximate surface area is 119 Å². The van der Waals surface area contributed by atoms with Crippen molar-refractivity contribution < 1.29 is 4.74 Å². The number of ether oxygens (including phenoxy) is 1. The topological polar surface area (TPSA) is 35.2 Å². The molecule has 0 saturated carbocycles. The lowest BCUT2D eigenvalue weighted by molar-refractivity contribution is 0.410. The first-order valence-corrected chi connectivity index (χ1v) is 6.57. The molecule has 2 aromatic carbocycles. The van der Waals surface area contributed by atoms with Gasteiger partial charge >= 0.3 is 0 Å². The summed E-state index contributed by atoms with van der Waals surface area (Å²) in [6, 6.07) is 15.6. The Bertz CT molecular complexity index is 566. The van der Waals surface area contributed by atoms with Crippen LogP contribution in [0.1, 0.15) is 18.1 Å². The van der Waals surface area contributed by atoms with Gasteiger partial charge in [0.1, 0.15) is 5.75 Å². The first kappa shape index (κ1) is 13.9. The molecule has 0 amide bonds. The van der Waals surface area contributed by atoms with E-state index in [-0.39, 0.29) is 0 Å². The van der Waals surface area contributed by atoms with Gasteiger partial charge in [0.15, 0.2) is 0 Å². The van der Waals surface area contributed by atoms with Crippen molar-refractivity contribution in [1.29, 1.82) is 0 Å². The van der Waals surface area contributed by atoms with E-state index in [4.69, 9.17) is 22.1 Å². The predicted molar refractivity (Wildman–Crippen MR) is 79.7 cm³/mol. The number of hydrogen-bond acceptors (Lipinski definition) is 2. The minimum Gasteiger partial charge on any atom is -0.497 e. The molecule has 2 aromatic rings. The van der Waals surface area contributed by atoms with Crippen LogP contribution in [0.3, 0.4) is 0 Å². The van der Waals surface area contributed by atoms with Crippen molar-refractivity contribution in [3.8, 4) is 5.75 Å². The molecule has 1 unspecified atom stereocenters. The smallest absolute Gasteiger partial charge is 0.119 e. The fraction of sp³-hybridized carbons (Fsp3) is 0.250. The molecule has 0 fully saturated rings. The minimum absolute atomic E-state index is 0.487. The number of hydrogen-bond donors (Lipinski definition) is 1. The molecule has 2 N–H and O–H groups in total. The largest absolute Gasteiger partial charge is 0.497 e. The van der Waals surface area contributed by atoms with E-state index in [1.807, 2.05) is 55.5 Å². The van der Waals surface area contributed by atoms with Gasteiger partial charge in [-0.15, -0.1) is 0 Å². The zero-order valence-corrected chi connectivity index (χ0v) is 11.9. The summed E-state index contributed by atoms with van der Waals surface area (Å²) < 4.78 is 5.24. The van der Waals surface area contributed by atoms with Gasteiger partial charge in [-0.1, -0.05) is 41.9 Å². The van der Waals surface area contributed by atoms with E-state index in [1.165, 1.54) is 0 Å². The molecule has 0 spiro atoms. The van der Waals surface area contributed by atoms with Crippen molar-refractivity contribution in [2.75, 3.05) is 7.11 Å². The maximum Gasteiger partial charge on any atom is 0.119 e. The first-order chi connectivity index (χ1) is 9.03. The summed E-state index contributed by atoms with van der Waals surface area (Å²) in [5, 5.41) is 0.752. The van der Waals surface area contributed by atoms with Crippen LogP contribution in [0, 0.1) is 0 Å². The monoisotopic (exact) mass is 275 g/mol. The van der Waals surface area contributed by atoms with Gasteiger partial charge in [0.25, 0.3) is 0 Å². The fourth-order valence-corrected chi connectivity index (χ4v) is 2.32. The van der Waals surface area contributed by atoms with Crippen LogP contribution in [-0.4, -0.2) is 7.11 Å². The van der Waals surface area contributed by atoms with Crippen LogP contribution in [0.25, 0.3) is 0 Å². The van der Waals surface area contributed by atoms with Crippen LogP contribution in [-0.2, 0) is 12.0 Å². The SMILES string of the molecule is COc1cccc(C(C)(N)Cc2ccccc2Cl)c1. The molecular formula is C16H18ClNO. The van der Waals surface area contributed by atoms with Crippen LogP contribution in [0.4, 0.5) is 0 Å². The summed E-state index contributed by atoms with van der Waals surface area (Å²) in [4.78, 5) is 0. The Morgan fingerprint density at radius 2 is 1.89 bits per heavy atom. The summed E-state index contributed by atoms with van der Waals surface area (Å²) >= 11 is 6.20. The van der Waals surface area contributed by atoms with Crippen LogP contribution < -0.4 is 10.5 Å². The van der Waals surface area contributed by atoms with Gasteiger partial charge in [-0.3, -0.25) is 0 Å². The van der Waals surface area contributed by atoms with Gasteiger partial charge in [0, 0.05) is 10.6 Å². The van der Waals surface area contributed by atoms with Gasteiger partial charge in [0.05, 0.1) is 7.11 Å². The number of benzene rings is 2. The number of rotatable bonds is 4.